The molecule has 0 aliphatic rings. The number of carbonyl (C=O) groups is 1. The number of thiazole rings is 1. The Morgan fingerprint density at radius 2 is 2.32 bits per heavy atom. The molecule has 0 bridgehead atoms. The van der Waals surface area contributed by atoms with Crippen LogP contribution in [0.15, 0.2) is 28.5 Å². The molecule has 100 valence electrons. The number of anilines is 1. The predicted molar refractivity (Wildman–Crippen MR) is 73.5 cm³/mol. The van der Waals surface area contributed by atoms with Gasteiger partial charge in [-0.05, 0) is 12.5 Å². The van der Waals surface area contributed by atoms with Gasteiger partial charge in [0.05, 0.1) is 0 Å². The van der Waals surface area contributed by atoms with Gasteiger partial charge >= 0.3 is 0 Å². The summed E-state index contributed by atoms with van der Waals surface area (Å²) in [5.41, 5.74) is 0.0187. The van der Waals surface area contributed by atoms with Crippen LogP contribution in [-0.2, 0) is 6.54 Å². The molecule has 0 aliphatic heterocycles. The average Bonchev–Trinajstić information content (AvgIpc) is 2.90. The highest BCUT2D eigenvalue weighted by atomic mass is 32.1. The standard InChI is InChI=1S/C12H14N4O2S/c1-2-3-7-16-10(17)5-4-9(15-16)11(18)14-12-13-6-8-19-12/h4-6,8H,2-3,7H2,1H3,(H,13,14,18). The van der Waals surface area contributed by atoms with Crippen molar-refractivity contribution in [1.29, 1.82) is 0 Å². The third-order valence-corrected chi connectivity index (χ3v) is 3.16. The Kier molecular flexibility index (Phi) is 4.40. The lowest BCUT2D eigenvalue weighted by Crippen LogP contribution is -2.26. The van der Waals surface area contributed by atoms with E-state index in [0.717, 1.165) is 12.8 Å². The van der Waals surface area contributed by atoms with E-state index in [2.05, 4.69) is 15.4 Å². The first-order chi connectivity index (χ1) is 9.20. The lowest BCUT2D eigenvalue weighted by atomic mass is 10.3. The molecule has 2 rings (SSSR count). The third-order valence-electron chi connectivity index (χ3n) is 2.48. The van der Waals surface area contributed by atoms with Crippen molar-refractivity contribution in [3.05, 3.63) is 39.8 Å². The molecule has 0 saturated carbocycles. The van der Waals surface area contributed by atoms with E-state index in [1.807, 2.05) is 6.92 Å². The maximum absolute atomic E-state index is 11.9. The number of nitrogens with zero attached hydrogens (tertiary/aromatic N) is 3. The minimum absolute atomic E-state index is 0.195. The molecule has 1 amide bonds. The van der Waals surface area contributed by atoms with Crippen LogP contribution < -0.4 is 10.9 Å². The van der Waals surface area contributed by atoms with Crippen LogP contribution in [0.5, 0.6) is 0 Å². The summed E-state index contributed by atoms with van der Waals surface area (Å²) in [5, 5.41) is 8.97. The molecular weight excluding hydrogens is 264 g/mol. The molecule has 0 aliphatic carbocycles. The Bertz CT molecular complexity index is 606. The van der Waals surface area contributed by atoms with Crippen molar-refractivity contribution < 1.29 is 4.79 Å². The summed E-state index contributed by atoms with van der Waals surface area (Å²) in [6.45, 7) is 2.55. The molecule has 6 nitrogen and oxygen atoms in total. The molecule has 2 heterocycles. The SMILES string of the molecule is CCCCn1nc(C(=O)Nc2nccs2)ccc1=O. The quantitative estimate of drug-likeness (QED) is 0.904. The molecule has 7 heteroatoms. The third kappa shape index (κ3) is 3.47. The van der Waals surface area contributed by atoms with Gasteiger partial charge in [0.25, 0.3) is 11.5 Å². The van der Waals surface area contributed by atoms with Crippen LogP contribution in [0.2, 0.25) is 0 Å². The van der Waals surface area contributed by atoms with Crippen LogP contribution >= 0.6 is 11.3 Å². The van der Waals surface area contributed by atoms with E-state index in [0.29, 0.717) is 11.7 Å². The fraction of sp³-hybridized carbons (Fsp3) is 0.333. The summed E-state index contributed by atoms with van der Waals surface area (Å²) in [4.78, 5) is 27.5. The van der Waals surface area contributed by atoms with Crippen molar-refractivity contribution >= 4 is 22.4 Å². The highest BCUT2D eigenvalue weighted by Gasteiger charge is 2.10. The largest absolute Gasteiger partial charge is 0.296 e. The van der Waals surface area contributed by atoms with Gasteiger partial charge in [-0.25, -0.2) is 9.67 Å². The fourth-order valence-electron chi connectivity index (χ4n) is 1.48. The van der Waals surface area contributed by atoms with E-state index in [1.54, 1.807) is 11.6 Å². The molecule has 0 aromatic carbocycles. The molecular formula is C12H14N4O2S. The van der Waals surface area contributed by atoms with E-state index < -0.39 is 0 Å². The van der Waals surface area contributed by atoms with Gasteiger partial charge in [0.2, 0.25) is 0 Å². The van der Waals surface area contributed by atoms with Crippen molar-refractivity contribution in [3.8, 4) is 0 Å². The summed E-state index contributed by atoms with van der Waals surface area (Å²) in [5.74, 6) is -0.361. The zero-order valence-corrected chi connectivity index (χ0v) is 11.3. The van der Waals surface area contributed by atoms with Crippen molar-refractivity contribution in [2.75, 3.05) is 5.32 Å². The lowest BCUT2D eigenvalue weighted by molar-refractivity contribution is 0.101. The molecule has 0 fully saturated rings. The number of aryl methyl sites for hydroxylation is 1. The molecule has 2 aromatic heterocycles. The Morgan fingerprint density at radius 1 is 1.47 bits per heavy atom. The number of hydrogen-bond donors (Lipinski definition) is 1. The Balaban J connectivity index is 2.15. The summed E-state index contributed by atoms with van der Waals surface area (Å²) in [6, 6.07) is 2.78. The molecule has 0 radical (unpaired) electrons. The zero-order valence-electron chi connectivity index (χ0n) is 10.5. The second-order valence-electron chi connectivity index (χ2n) is 3.92. The van der Waals surface area contributed by atoms with E-state index in [-0.39, 0.29) is 17.2 Å². The van der Waals surface area contributed by atoms with Gasteiger partial charge in [0.15, 0.2) is 5.13 Å². The van der Waals surface area contributed by atoms with Crippen LogP contribution in [-0.4, -0.2) is 20.7 Å². The molecule has 19 heavy (non-hydrogen) atoms. The first-order valence-corrected chi connectivity index (χ1v) is 6.87. The van der Waals surface area contributed by atoms with Gasteiger partial charge in [-0.15, -0.1) is 11.3 Å². The predicted octanol–water partition coefficient (Wildman–Crippen LogP) is 1.75. The van der Waals surface area contributed by atoms with Crippen LogP contribution in [0.1, 0.15) is 30.3 Å². The van der Waals surface area contributed by atoms with Crippen molar-refractivity contribution in [2.45, 2.75) is 26.3 Å². The van der Waals surface area contributed by atoms with Crippen molar-refractivity contribution in [2.24, 2.45) is 0 Å². The lowest BCUT2D eigenvalue weighted by Gasteiger charge is -2.05. The number of unbranched alkanes of at least 4 members (excludes halogenated alkanes) is 1. The molecule has 2 aromatic rings. The van der Waals surface area contributed by atoms with Gasteiger partial charge in [-0.3, -0.25) is 14.9 Å². The summed E-state index contributed by atoms with van der Waals surface area (Å²) in [7, 11) is 0. The van der Waals surface area contributed by atoms with Gasteiger partial charge < -0.3 is 0 Å². The second kappa shape index (κ2) is 6.24. The number of amides is 1. The minimum Gasteiger partial charge on any atom is -0.296 e. The Hall–Kier alpha value is -2.02. The molecule has 0 saturated heterocycles. The summed E-state index contributed by atoms with van der Waals surface area (Å²) < 4.78 is 1.32. The first-order valence-electron chi connectivity index (χ1n) is 5.99. The minimum atomic E-state index is -0.361. The smallest absolute Gasteiger partial charge is 0.277 e. The maximum atomic E-state index is 11.9. The fourth-order valence-corrected chi connectivity index (χ4v) is 2.01. The number of nitrogens with one attached hydrogen (secondary N) is 1. The van der Waals surface area contributed by atoms with Gasteiger partial charge in [0, 0.05) is 24.2 Å². The highest BCUT2D eigenvalue weighted by Crippen LogP contribution is 2.11. The normalized spacial score (nSPS) is 10.4. The maximum Gasteiger partial charge on any atom is 0.277 e. The molecule has 0 unspecified atom stereocenters. The van der Waals surface area contributed by atoms with E-state index >= 15 is 0 Å². The molecule has 0 atom stereocenters. The second-order valence-corrected chi connectivity index (χ2v) is 4.82. The number of carbonyl (C=O) groups excluding carboxylic acids is 1. The van der Waals surface area contributed by atoms with Crippen LogP contribution in [0.3, 0.4) is 0 Å². The average molecular weight is 278 g/mol. The molecule has 0 spiro atoms. The van der Waals surface area contributed by atoms with Crippen LogP contribution in [0.4, 0.5) is 5.13 Å². The van der Waals surface area contributed by atoms with E-state index in [9.17, 15) is 9.59 Å². The van der Waals surface area contributed by atoms with Crippen LogP contribution in [0, 0.1) is 0 Å². The molecule has 1 N–H and O–H groups in total. The van der Waals surface area contributed by atoms with Crippen molar-refractivity contribution in [1.82, 2.24) is 14.8 Å². The topological polar surface area (TPSA) is 76.9 Å². The zero-order chi connectivity index (χ0) is 13.7. The Morgan fingerprint density at radius 3 is 3.00 bits per heavy atom. The Labute approximate surface area is 114 Å². The van der Waals surface area contributed by atoms with Gasteiger partial charge in [-0.2, -0.15) is 5.10 Å². The number of aromatic nitrogens is 3. The number of rotatable bonds is 5. The van der Waals surface area contributed by atoms with Crippen molar-refractivity contribution in [3.63, 3.8) is 0 Å². The van der Waals surface area contributed by atoms with E-state index in [1.165, 1.54) is 28.2 Å². The monoisotopic (exact) mass is 278 g/mol. The number of hydrogen-bond acceptors (Lipinski definition) is 5. The van der Waals surface area contributed by atoms with Gasteiger partial charge in [-0.1, -0.05) is 13.3 Å². The first kappa shape index (κ1) is 13.4. The highest BCUT2D eigenvalue weighted by molar-refractivity contribution is 7.13. The van der Waals surface area contributed by atoms with Gasteiger partial charge in [0.1, 0.15) is 5.69 Å². The summed E-state index contributed by atoms with van der Waals surface area (Å²) >= 11 is 1.33. The summed E-state index contributed by atoms with van der Waals surface area (Å²) in [6.07, 6.45) is 3.42. The van der Waals surface area contributed by atoms with E-state index in [4.69, 9.17) is 0 Å². The van der Waals surface area contributed by atoms with Crippen LogP contribution in [0.25, 0.3) is 0 Å².